The van der Waals surface area contributed by atoms with Crippen LogP contribution in [0.2, 0.25) is 0 Å². The van der Waals surface area contributed by atoms with Crippen LogP contribution in [0.3, 0.4) is 0 Å². The van der Waals surface area contributed by atoms with Crippen molar-refractivity contribution < 1.29 is 31.3 Å². The number of hydrogen-bond donors (Lipinski definition) is 0. The maximum Gasteiger partial charge on any atom is 0.333 e. The molecular weight excluding hydrogens is 258 g/mol. The van der Waals surface area contributed by atoms with Gasteiger partial charge in [0.25, 0.3) is 5.92 Å². The number of ether oxygens (including phenoxy) is 1. The van der Waals surface area contributed by atoms with E-state index in [1.165, 1.54) is 6.92 Å². The smallest absolute Gasteiger partial charge is 0.333 e. The molecule has 0 aromatic heterocycles. The fourth-order valence-electron chi connectivity index (χ4n) is 0.950. The molecule has 100 valence electrons. The second-order valence-corrected chi connectivity index (χ2v) is 4.98. The van der Waals surface area contributed by atoms with Gasteiger partial charge in [-0.05, 0) is 13.3 Å². The van der Waals surface area contributed by atoms with Crippen LogP contribution in [0.5, 0.6) is 0 Å². The highest BCUT2D eigenvalue weighted by atomic mass is 32.2. The fourth-order valence-corrected chi connectivity index (χ4v) is 1.61. The summed E-state index contributed by atoms with van der Waals surface area (Å²) in [6, 6.07) is 0. The quantitative estimate of drug-likeness (QED) is 0.299. The summed E-state index contributed by atoms with van der Waals surface area (Å²) < 4.78 is 60.7. The standard InChI is InChI=1S/C9H14F2O5S/c1-7(2)8(12)16-5-3-4-9(10,11)6-17(13,14)15/h1,3-6H2,2H3,(H,13,14,15)/p-1. The fraction of sp³-hybridized carbons (Fsp3) is 0.667. The molecule has 0 N–H and O–H groups in total. The van der Waals surface area contributed by atoms with E-state index in [4.69, 9.17) is 0 Å². The van der Waals surface area contributed by atoms with Crippen molar-refractivity contribution in [2.75, 3.05) is 12.4 Å². The van der Waals surface area contributed by atoms with Crippen molar-refractivity contribution in [2.45, 2.75) is 25.7 Å². The molecule has 0 saturated carbocycles. The van der Waals surface area contributed by atoms with Crippen LogP contribution in [-0.4, -0.2) is 37.2 Å². The second-order valence-electron chi connectivity index (χ2n) is 3.58. The molecule has 0 spiro atoms. The van der Waals surface area contributed by atoms with Gasteiger partial charge in [0.1, 0.15) is 15.9 Å². The third-order valence-corrected chi connectivity index (χ3v) is 2.43. The molecule has 0 atom stereocenters. The Morgan fingerprint density at radius 3 is 2.41 bits per heavy atom. The van der Waals surface area contributed by atoms with Gasteiger partial charge < -0.3 is 9.29 Å². The molecule has 0 fully saturated rings. The van der Waals surface area contributed by atoms with Gasteiger partial charge in [-0.25, -0.2) is 22.0 Å². The van der Waals surface area contributed by atoms with Gasteiger partial charge in [-0.15, -0.1) is 0 Å². The maximum atomic E-state index is 12.9. The van der Waals surface area contributed by atoms with Gasteiger partial charge in [-0.1, -0.05) is 6.58 Å². The molecule has 8 heteroatoms. The normalized spacial score (nSPS) is 12.2. The van der Waals surface area contributed by atoms with Gasteiger partial charge in [-0.3, -0.25) is 0 Å². The summed E-state index contributed by atoms with van der Waals surface area (Å²) in [5, 5.41) is 0. The molecule has 0 aliphatic heterocycles. The number of hydrogen-bond acceptors (Lipinski definition) is 5. The van der Waals surface area contributed by atoms with E-state index in [0.717, 1.165) is 0 Å². The first kappa shape index (κ1) is 16.0. The molecule has 0 radical (unpaired) electrons. The van der Waals surface area contributed by atoms with E-state index in [2.05, 4.69) is 11.3 Å². The van der Waals surface area contributed by atoms with E-state index >= 15 is 0 Å². The van der Waals surface area contributed by atoms with Gasteiger partial charge >= 0.3 is 5.97 Å². The molecule has 17 heavy (non-hydrogen) atoms. The predicted molar refractivity (Wildman–Crippen MR) is 54.5 cm³/mol. The molecule has 0 unspecified atom stereocenters. The maximum absolute atomic E-state index is 12.9. The van der Waals surface area contributed by atoms with E-state index in [-0.39, 0.29) is 18.6 Å². The van der Waals surface area contributed by atoms with Crippen LogP contribution in [0, 0.1) is 0 Å². The van der Waals surface area contributed by atoms with Crippen LogP contribution in [0.4, 0.5) is 8.78 Å². The molecule has 0 rings (SSSR count). The number of carbonyl (C=O) groups is 1. The molecule has 0 heterocycles. The Bertz CT molecular complexity index is 388. The van der Waals surface area contributed by atoms with Gasteiger partial charge in [-0.2, -0.15) is 0 Å². The molecule has 0 bridgehead atoms. The number of halogens is 2. The lowest BCUT2D eigenvalue weighted by Gasteiger charge is -2.17. The van der Waals surface area contributed by atoms with Crippen LogP contribution in [-0.2, 0) is 19.6 Å². The van der Waals surface area contributed by atoms with Gasteiger partial charge in [0.05, 0.1) is 6.61 Å². The average molecular weight is 271 g/mol. The summed E-state index contributed by atoms with van der Waals surface area (Å²) in [6.45, 7) is 4.41. The predicted octanol–water partition coefficient (Wildman–Crippen LogP) is 1.07. The van der Waals surface area contributed by atoms with E-state index in [1.54, 1.807) is 0 Å². The zero-order chi connectivity index (χ0) is 13.7. The number of rotatable bonds is 7. The van der Waals surface area contributed by atoms with Crippen molar-refractivity contribution >= 4 is 16.1 Å². The first-order valence-electron chi connectivity index (χ1n) is 4.67. The number of esters is 1. The van der Waals surface area contributed by atoms with Crippen molar-refractivity contribution in [3.63, 3.8) is 0 Å². The highest BCUT2D eigenvalue weighted by Gasteiger charge is 2.31. The van der Waals surface area contributed by atoms with Crippen molar-refractivity contribution in [1.29, 1.82) is 0 Å². The highest BCUT2D eigenvalue weighted by molar-refractivity contribution is 7.85. The summed E-state index contributed by atoms with van der Waals surface area (Å²) in [6.07, 6.45) is -1.07. The summed E-state index contributed by atoms with van der Waals surface area (Å²) in [4.78, 5) is 10.8. The Labute approximate surface area is 98.2 Å². The van der Waals surface area contributed by atoms with Crippen LogP contribution in [0.25, 0.3) is 0 Å². The Morgan fingerprint density at radius 1 is 1.47 bits per heavy atom. The average Bonchev–Trinajstić information content (AvgIpc) is 2.07. The second kappa shape index (κ2) is 6.06. The minimum Gasteiger partial charge on any atom is -0.748 e. The van der Waals surface area contributed by atoms with Crippen molar-refractivity contribution in [3.05, 3.63) is 12.2 Å². The minimum atomic E-state index is -4.97. The van der Waals surface area contributed by atoms with E-state index in [0.29, 0.717) is 0 Å². The van der Waals surface area contributed by atoms with E-state index in [9.17, 15) is 26.5 Å². The molecular formula is C9H13F2O5S-. The number of carbonyl (C=O) groups excluding carboxylic acids is 1. The van der Waals surface area contributed by atoms with Crippen molar-refractivity contribution in [2.24, 2.45) is 0 Å². The first-order chi connectivity index (χ1) is 7.53. The largest absolute Gasteiger partial charge is 0.748 e. The van der Waals surface area contributed by atoms with Gasteiger partial charge in [0.2, 0.25) is 0 Å². The molecule has 0 amide bonds. The third-order valence-electron chi connectivity index (χ3n) is 1.66. The van der Waals surface area contributed by atoms with Gasteiger partial charge in [0, 0.05) is 12.0 Å². The van der Waals surface area contributed by atoms with Crippen molar-refractivity contribution in [3.8, 4) is 0 Å². The molecule has 5 nitrogen and oxygen atoms in total. The lowest BCUT2D eigenvalue weighted by Crippen LogP contribution is -2.28. The van der Waals surface area contributed by atoms with E-state index < -0.39 is 34.2 Å². The van der Waals surface area contributed by atoms with Crippen LogP contribution in [0.15, 0.2) is 12.2 Å². The molecule has 0 saturated heterocycles. The third kappa shape index (κ3) is 8.75. The Kier molecular flexibility index (Phi) is 5.70. The Morgan fingerprint density at radius 2 is 2.00 bits per heavy atom. The Hall–Kier alpha value is -1.02. The SMILES string of the molecule is C=C(C)C(=O)OCCCC(F)(F)CS(=O)(=O)[O-]. The summed E-state index contributed by atoms with van der Waals surface area (Å²) in [7, 11) is -4.97. The van der Waals surface area contributed by atoms with Crippen LogP contribution in [0.1, 0.15) is 19.8 Å². The lowest BCUT2D eigenvalue weighted by atomic mass is 10.2. The molecule has 0 aliphatic carbocycles. The van der Waals surface area contributed by atoms with E-state index in [1.807, 2.05) is 0 Å². The summed E-state index contributed by atoms with van der Waals surface area (Å²) >= 11 is 0. The summed E-state index contributed by atoms with van der Waals surface area (Å²) in [5.41, 5.74) is 0.138. The zero-order valence-corrected chi connectivity index (χ0v) is 10.1. The zero-order valence-electron chi connectivity index (χ0n) is 9.24. The Balaban J connectivity index is 3.96. The highest BCUT2D eigenvalue weighted by Crippen LogP contribution is 2.22. The van der Waals surface area contributed by atoms with Crippen LogP contribution < -0.4 is 0 Å². The van der Waals surface area contributed by atoms with Crippen molar-refractivity contribution in [1.82, 2.24) is 0 Å². The molecule has 0 aliphatic rings. The van der Waals surface area contributed by atoms with Crippen LogP contribution >= 0.6 is 0 Å². The molecule has 0 aromatic rings. The first-order valence-corrected chi connectivity index (χ1v) is 6.25. The number of alkyl halides is 2. The lowest BCUT2D eigenvalue weighted by molar-refractivity contribution is -0.139. The van der Waals surface area contributed by atoms with Gasteiger partial charge in [0.15, 0.2) is 0 Å². The summed E-state index contributed by atoms with van der Waals surface area (Å²) in [5.74, 6) is -6.05. The molecule has 0 aromatic carbocycles. The minimum absolute atomic E-state index is 0.138. The monoisotopic (exact) mass is 271 g/mol. The topological polar surface area (TPSA) is 83.5 Å².